The number of piperidine rings is 1. The summed E-state index contributed by atoms with van der Waals surface area (Å²) in [5.41, 5.74) is 0.767. The van der Waals surface area contributed by atoms with E-state index in [1.54, 1.807) is 0 Å². The zero-order valence-corrected chi connectivity index (χ0v) is 11.7. The Balaban J connectivity index is 1.57. The molecular weight excluding hydrogens is 278 g/mol. The zero-order chi connectivity index (χ0) is 15.0. The Labute approximate surface area is 122 Å². The summed E-state index contributed by atoms with van der Waals surface area (Å²) >= 11 is 0. The molecule has 2 aliphatic heterocycles. The average molecular weight is 296 g/mol. The molecule has 1 spiro atoms. The van der Waals surface area contributed by atoms with Crippen LogP contribution in [0.3, 0.4) is 0 Å². The van der Waals surface area contributed by atoms with Crippen LogP contribution < -0.4 is 4.90 Å². The van der Waals surface area contributed by atoms with Crippen LogP contribution in [0, 0.1) is 17.0 Å². The van der Waals surface area contributed by atoms with E-state index in [-0.39, 0.29) is 12.0 Å². The van der Waals surface area contributed by atoms with Gasteiger partial charge in [-0.3, -0.25) is 9.69 Å². The third-order valence-electron chi connectivity index (χ3n) is 4.54. The fraction of sp³-hybridized carbons (Fsp3) is 0.533. The Morgan fingerprint density at radius 2 is 1.71 bits per heavy atom. The normalized spacial score (nSPS) is 21.3. The molecule has 2 aliphatic rings. The van der Waals surface area contributed by atoms with Crippen molar-refractivity contribution < 1.29 is 18.7 Å². The van der Waals surface area contributed by atoms with Crippen molar-refractivity contribution in [3.63, 3.8) is 0 Å². The highest BCUT2D eigenvalue weighted by Crippen LogP contribution is 2.42. The molecule has 2 saturated heterocycles. The molecule has 2 fully saturated rings. The van der Waals surface area contributed by atoms with Crippen LogP contribution in [0.4, 0.5) is 14.5 Å². The van der Waals surface area contributed by atoms with E-state index in [2.05, 4.69) is 0 Å². The van der Waals surface area contributed by atoms with Gasteiger partial charge in [0.2, 0.25) is 0 Å². The summed E-state index contributed by atoms with van der Waals surface area (Å²) in [5.74, 6) is -1.90. The molecule has 21 heavy (non-hydrogen) atoms. The maximum Gasteiger partial charge on any atom is 0.317 e. The molecule has 0 aliphatic carbocycles. The van der Waals surface area contributed by atoms with Crippen LogP contribution in [0.2, 0.25) is 0 Å². The number of rotatable bonds is 3. The number of aliphatic carboxylic acids is 1. The minimum Gasteiger partial charge on any atom is -0.480 e. The zero-order valence-electron chi connectivity index (χ0n) is 11.7. The lowest BCUT2D eigenvalue weighted by Gasteiger charge is -2.55. The minimum absolute atomic E-state index is 0.0922. The largest absolute Gasteiger partial charge is 0.480 e. The van der Waals surface area contributed by atoms with Gasteiger partial charge < -0.3 is 10.0 Å². The Morgan fingerprint density at radius 3 is 2.24 bits per heavy atom. The van der Waals surface area contributed by atoms with E-state index in [1.165, 1.54) is 12.1 Å². The predicted octanol–water partition coefficient (Wildman–Crippen LogP) is 1.95. The molecule has 0 bridgehead atoms. The van der Waals surface area contributed by atoms with Crippen molar-refractivity contribution in [2.75, 3.05) is 37.6 Å². The number of anilines is 1. The average Bonchev–Trinajstić information content (AvgIpc) is 2.35. The first-order chi connectivity index (χ1) is 9.96. The van der Waals surface area contributed by atoms with Gasteiger partial charge >= 0.3 is 5.97 Å². The topological polar surface area (TPSA) is 43.8 Å². The molecule has 4 nitrogen and oxygen atoms in total. The highest BCUT2D eigenvalue weighted by Gasteiger charge is 2.45. The van der Waals surface area contributed by atoms with Gasteiger partial charge in [-0.25, -0.2) is 8.78 Å². The van der Waals surface area contributed by atoms with Crippen LogP contribution >= 0.6 is 0 Å². The lowest BCUT2D eigenvalue weighted by Crippen LogP contribution is -2.60. The van der Waals surface area contributed by atoms with Gasteiger partial charge in [-0.1, -0.05) is 0 Å². The number of likely N-dealkylation sites (tertiary alicyclic amines) is 1. The number of nitrogens with zero attached hydrogens (tertiary/aromatic N) is 2. The van der Waals surface area contributed by atoms with Crippen LogP contribution in [0.15, 0.2) is 18.2 Å². The quantitative estimate of drug-likeness (QED) is 0.926. The molecule has 2 heterocycles. The molecule has 0 radical (unpaired) electrons. The Hall–Kier alpha value is -1.69. The van der Waals surface area contributed by atoms with Crippen molar-refractivity contribution in [3.05, 3.63) is 29.8 Å². The molecule has 1 aromatic carbocycles. The predicted molar refractivity (Wildman–Crippen MR) is 74.3 cm³/mol. The molecule has 0 aromatic heterocycles. The second-order valence-corrected chi connectivity index (χ2v) is 6.15. The first-order valence-electron chi connectivity index (χ1n) is 7.11. The van der Waals surface area contributed by atoms with E-state index in [4.69, 9.17) is 5.11 Å². The van der Waals surface area contributed by atoms with Crippen LogP contribution in [0.1, 0.15) is 12.8 Å². The standard InChI is InChI=1S/C15H18F2N2O2/c16-11-5-12(17)7-13(6-11)19-9-15(10-19)1-3-18(4-2-15)8-14(20)21/h5-7H,1-4,8-10H2,(H,20,21). The van der Waals surface area contributed by atoms with Gasteiger partial charge in [0.1, 0.15) is 11.6 Å². The summed E-state index contributed by atoms with van der Waals surface area (Å²) in [4.78, 5) is 14.6. The molecule has 0 amide bonds. The molecule has 6 heteroatoms. The maximum absolute atomic E-state index is 13.2. The molecule has 0 atom stereocenters. The van der Waals surface area contributed by atoms with Gasteiger partial charge in [-0.05, 0) is 38.1 Å². The van der Waals surface area contributed by atoms with Gasteiger partial charge in [0, 0.05) is 30.3 Å². The molecule has 0 unspecified atom stereocenters. The van der Waals surface area contributed by atoms with Crippen molar-refractivity contribution in [3.8, 4) is 0 Å². The first-order valence-corrected chi connectivity index (χ1v) is 7.11. The number of carbonyl (C=O) groups is 1. The summed E-state index contributed by atoms with van der Waals surface area (Å²) < 4.78 is 26.5. The molecule has 1 N–H and O–H groups in total. The van der Waals surface area contributed by atoms with Crippen LogP contribution in [0.5, 0.6) is 0 Å². The molecule has 1 aromatic rings. The third kappa shape index (κ3) is 3.00. The van der Waals surface area contributed by atoms with Crippen molar-refractivity contribution in [1.82, 2.24) is 4.90 Å². The van der Waals surface area contributed by atoms with E-state index in [9.17, 15) is 13.6 Å². The van der Waals surface area contributed by atoms with E-state index >= 15 is 0 Å². The first kappa shape index (κ1) is 14.3. The third-order valence-corrected chi connectivity index (χ3v) is 4.54. The molecular formula is C15H18F2N2O2. The summed E-state index contributed by atoms with van der Waals surface area (Å²) in [7, 11) is 0. The van der Waals surface area contributed by atoms with Gasteiger partial charge in [0.05, 0.1) is 6.54 Å². The number of benzene rings is 1. The van der Waals surface area contributed by atoms with Gasteiger partial charge in [0.25, 0.3) is 0 Å². The minimum atomic E-state index is -0.795. The van der Waals surface area contributed by atoms with Crippen molar-refractivity contribution in [2.24, 2.45) is 5.41 Å². The van der Waals surface area contributed by atoms with E-state index in [1.807, 2.05) is 9.80 Å². The molecule has 3 rings (SSSR count). The summed E-state index contributed by atoms with van der Waals surface area (Å²) in [6.45, 7) is 3.22. The molecule has 0 saturated carbocycles. The molecule has 114 valence electrons. The number of carboxylic acid groups (broad SMARTS) is 1. The van der Waals surface area contributed by atoms with Gasteiger partial charge in [-0.15, -0.1) is 0 Å². The van der Waals surface area contributed by atoms with Crippen molar-refractivity contribution >= 4 is 11.7 Å². The van der Waals surface area contributed by atoms with Crippen molar-refractivity contribution in [2.45, 2.75) is 12.8 Å². The van der Waals surface area contributed by atoms with E-state index in [0.29, 0.717) is 5.69 Å². The number of hydrogen-bond donors (Lipinski definition) is 1. The monoisotopic (exact) mass is 296 g/mol. The Bertz CT molecular complexity index is 528. The Kier molecular flexibility index (Phi) is 3.57. The number of hydrogen-bond acceptors (Lipinski definition) is 3. The van der Waals surface area contributed by atoms with Crippen molar-refractivity contribution in [1.29, 1.82) is 0 Å². The smallest absolute Gasteiger partial charge is 0.317 e. The lowest BCUT2D eigenvalue weighted by molar-refractivity contribution is -0.139. The van der Waals surface area contributed by atoms with E-state index in [0.717, 1.165) is 45.1 Å². The summed E-state index contributed by atoms with van der Waals surface area (Å²) in [6, 6.07) is 3.59. The number of halogens is 2. The number of carboxylic acids is 1. The summed E-state index contributed by atoms with van der Waals surface area (Å²) in [6.07, 6.45) is 1.88. The fourth-order valence-corrected chi connectivity index (χ4v) is 3.36. The van der Waals surface area contributed by atoms with Gasteiger partial charge in [0.15, 0.2) is 0 Å². The second kappa shape index (κ2) is 5.26. The van der Waals surface area contributed by atoms with Gasteiger partial charge in [-0.2, -0.15) is 0 Å². The summed E-state index contributed by atoms with van der Waals surface area (Å²) in [5, 5.41) is 8.79. The van der Waals surface area contributed by atoms with Crippen LogP contribution in [0.25, 0.3) is 0 Å². The Morgan fingerprint density at radius 1 is 1.14 bits per heavy atom. The van der Waals surface area contributed by atoms with E-state index < -0.39 is 17.6 Å². The second-order valence-electron chi connectivity index (χ2n) is 6.15. The van der Waals surface area contributed by atoms with Crippen LogP contribution in [-0.4, -0.2) is 48.7 Å². The lowest BCUT2D eigenvalue weighted by atomic mass is 9.71. The highest BCUT2D eigenvalue weighted by atomic mass is 19.1. The highest BCUT2D eigenvalue weighted by molar-refractivity contribution is 5.69. The fourth-order valence-electron chi connectivity index (χ4n) is 3.36. The van der Waals surface area contributed by atoms with Crippen LogP contribution in [-0.2, 0) is 4.79 Å². The maximum atomic E-state index is 13.2. The SMILES string of the molecule is O=C(O)CN1CCC2(CC1)CN(c1cc(F)cc(F)c1)C2.